The smallest absolute Gasteiger partial charge is 0.178 e. The van der Waals surface area contributed by atoms with Gasteiger partial charge in [0.15, 0.2) is 4.77 Å². The van der Waals surface area contributed by atoms with Gasteiger partial charge in [-0.3, -0.25) is 0 Å². The number of ether oxygens (including phenoxy) is 1. The van der Waals surface area contributed by atoms with Crippen molar-refractivity contribution in [1.29, 1.82) is 0 Å². The Morgan fingerprint density at radius 2 is 2.10 bits per heavy atom. The molecular formula is C17H16N2OS. The molecule has 0 bridgehead atoms. The number of rotatable bonds is 2. The first-order valence-electron chi connectivity index (χ1n) is 7.15. The summed E-state index contributed by atoms with van der Waals surface area (Å²) in [5, 5.41) is 0. The van der Waals surface area contributed by atoms with E-state index in [0.29, 0.717) is 0 Å². The third-order valence-corrected chi connectivity index (χ3v) is 4.44. The summed E-state index contributed by atoms with van der Waals surface area (Å²) in [4.78, 5) is 3.31. The number of nitrogens with one attached hydrogen (secondary N) is 1. The third kappa shape index (κ3) is 2.07. The van der Waals surface area contributed by atoms with E-state index in [0.717, 1.165) is 34.5 Å². The number of aromatic nitrogens is 2. The summed E-state index contributed by atoms with van der Waals surface area (Å²) >= 11 is 5.49. The molecule has 0 radical (unpaired) electrons. The molecule has 1 unspecified atom stereocenters. The van der Waals surface area contributed by atoms with Crippen LogP contribution in [-0.2, 0) is 13.0 Å². The van der Waals surface area contributed by atoms with Gasteiger partial charge in [0.2, 0.25) is 0 Å². The second-order valence-electron chi connectivity index (χ2n) is 5.56. The van der Waals surface area contributed by atoms with Crippen molar-refractivity contribution >= 4 is 23.3 Å². The first-order chi connectivity index (χ1) is 10.2. The Labute approximate surface area is 128 Å². The summed E-state index contributed by atoms with van der Waals surface area (Å²) in [6.45, 7) is 2.87. The molecule has 0 amide bonds. The molecule has 1 aliphatic heterocycles. The van der Waals surface area contributed by atoms with Gasteiger partial charge in [0, 0.05) is 6.42 Å². The second-order valence-corrected chi connectivity index (χ2v) is 5.95. The van der Waals surface area contributed by atoms with Gasteiger partial charge in [-0.1, -0.05) is 30.3 Å². The van der Waals surface area contributed by atoms with E-state index in [4.69, 9.17) is 17.0 Å². The summed E-state index contributed by atoms with van der Waals surface area (Å²) in [6, 6.07) is 14.5. The van der Waals surface area contributed by atoms with E-state index in [9.17, 15) is 0 Å². The van der Waals surface area contributed by atoms with Crippen molar-refractivity contribution in [3.63, 3.8) is 0 Å². The minimum absolute atomic E-state index is 0.147. The van der Waals surface area contributed by atoms with Crippen LogP contribution in [0.15, 0.2) is 42.5 Å². The Bertz CT molecular complexity index is 853. The van der Waals surface area contributed by atoms with Crippen LogP contribution in [0, 0.1) is 11.7 Å². The largest absolute Gasteiger partial charge is 0.488 e. The highest BCUT2D eigenvalue weighted by molar-refractivity contribution is 7.71. The molecule has 2 aromatic carbocycles. The monoisotopic (exact) mass is 296 g/mol. The van der Waals surface area contributed by atoms with Crippen molar-refractivity contribution in [2.75, 3.05) is 0 Å². The number of hydrogen-bond donors (Lipinski definition) is 1. The lowest BCUT2D eigenvalue weighted by Gasteiger charge is -2.12. The van der Waals surface area contributed by atoms with Gasteiger partial charge < -0.3 is 14.3 Å². The van der Waals surface area contributed by atoms with Crippen molar-refractivity contribution in [2.45, 2.75) is 26.0 Å². The van der Waals surface area contributed by atoms with Gasteiger partial charge in [-0.15, -0.1) is 0 Å². The number of benzene rings is 2. The van der Waals surface area contributed by atoms with Crippen LogP contribution in [0.5, 0.6) is 5.75 Å². The van der Waals surface area contributed by atoms with Crippen LogP contribution in [-0.4, -0.2) is 15.7 Å². The van der Waals surface area contributed by atoms with E-state index in [1.54, 1.807) is 0 Å². The fourth-order valence-corrected chi connectivity index (χ4v) is 3.34. The molecule has 1 N–H and O–H groups in total. The van der Waals surface area contributed by atoms with Crippen molar-refractivity contribution in [3.8, 4) is 5.75 Å². The fourth-order valence-electron chi connectivity index (χ4n) is 3.06. The molecule has 1 aromatic heterocycles. The zero-order chi connectivity index (χ0) is 14.4. The van der Waals surface area contributed by atoms with Gasteiger partial charge in [0.25, 0.3) is 0 Å². The van der Waals surface area contributed by atoms with E-state index in [2.05, 4.69) is 46.8 Å². The fraction of sp³-hybridized carbons (Fsp3) is 0.235. The average molecular weight is 296 g/mol. The Balaban J connectivity index is 1.69. The zero-order valence-corrected chi connectivity index (χ0v) is 12.6. The SMILES string of the molecule is Cc1cccc2c1[nH]c(=S)n2CC1Cc2ccccc2O1. The van der Waals surface area contributed by atoms with Crippen LogP contribution in [0.3, 0.4) is 0 Å². The number of H-pyrrole nitrogens is 1. The van der Waals surface area contributed by atoms with Gasteiger partial charge in [-0.2, -0.15) is 0 Å². The summed E-state index contributed by atoms with van der Waals surface area (Å²) in [6.07, 6.45) is 1.09. The number of hydrogen-bond acceptors (Lipinski definition) is 2. The van der Waals surface area contributed by atoms with E-state index in [-0.39, 0.29) is 6.10 Å². The summed E-state index contributed by atoms with van der Waals surface area (Å²) in [5.74, 6) is 1.00. The van der Waals surface area contributed by atoms with Gasteiger partial charge in [0.1, 0.15) is 11.9 Å². The van der Waals surface area contributed by atoms with Crippen LogP contribution >= 0.6 is 12.2 Å². The van der Waals surface area contributed by atoms with Crippen LogP contribution in [0.25, 0.3) is 11.0 Å². The molecule has 21 heavy (non-hydrogen) atoms. The Hall–Kier alpha value is -2.07. The molecule has 3 nitrogen and oxygen atoms in total. The standard InChI is InChI=1S/C17H16N2OS/c1-11-5-4-7-14-16(11)18-17(21)19(14)10-13-9-12-6-2-3-8-15(12)20-13/h2-8,13H,9-10H2,1H3,(H,18,21). The topological polar surface area (TPSA) is 29.9 Å². The molecule has 4 rings (SSSR count). The Kier molecular flexibility index (Phi) is 2.86. The van der Waals surface area contributed by atoms with Crippen molar-refractivity contribution in [2.24, 2.45) is 0 Å². The maximum absolute atomic E-state index is 6.03. The molecule has 0 saturated heterocycles. The van der Waals surface area contributed by atoms with Crippen molar-refractivity contribution < 1.29 is 4.74 Å². The van der Waals surface area contributed by atoms with E-state index >= 15 is 0 Å². The lowest BCUT2D eigenvalue weighted by atomic mass is 10.1. The summed E-state index contributed by atoms with van der Waals surface area (Å²) < 4.78 is 8.94. The maximum Gasteiger partial charge on any atom is 0.178 e. The lowest BCUT2D eigenvalue weighted by Crippen LogP contribution is -2.20. The van der Waals surface area contributed by atoms with E-state index in [1.165, 1.54) is 11.1 Å². The molecule has 106 valence electrons. The summed E-state index contributed by atoms with van der Waals surface area (Å²) in [5.41, 5.74) is 4.77. The average Bonchev–Trinajstić information content (AvgIpc) is 3.02. The highest BCUT2D eigenvalue weighted by atomic mass is 32.1. The Morgan fingerprint density at radius 1 is 1.24 bits per heavy atom. The number of aromatic amines is 1. The zero-order valence-electron chi connectivity index (χ0n) is 11.8. The number of nitrogens with zero attached hydrogens (tertiary/aromatic N) is 1. The van der Waals surface area contributed by atoms with Gasteiger partial charge in [-0.25, -0.2) is 0 Å². The van der Waals surface area contributed by atoms with Gasteiger partial charge in [-0.05, 0) is 42.4 Å². The highest BCUT2D eigenvalue weighted by Crippen LogP contribution is 2.29. The first-order valence-corrected chi connectivity index (χ1v) is 7.56. The normalized spacial score (nSPS) is 16.9. The van der Waals surface area contributed by atoms with Gasteiger partial charge in [0.05, 0.1) is 17.6 Å². The molecule has 0 aliphatic carbocycles. The molecule has 1 atom stereocenters. The molecule has 4 heteroatoms. The Morgan fingerprint density at radius 3 is 2.95 bits per heavy atom. The number of para-hydroxylation sites is 2. The maximum atomic E-state index is 6.03. The van der Waals surface area contributed by atoms with Crippen LogP contribution in [0.4, 0.5) is 0 Å². The molecule has 1 aliphatic rings. The molecule has 0 spiro atoms. The minimum Gasteiger partial charge on any atom is -0.488 e. The number of imidazole rings is 1. The number of aryl methyl sites for hydroxylation is 1. The van der Waals surface area contributed by atoms with Crippen LogP contribution in [0.1, 0.15) is 11.1 Å². The van der Waals surface area contributed by atoms with E-state index < -0.39 is 0 Å². The molecule has 0 fully saturated rings. The second kappa shape index (κ2) is 4.74. The molecule has 0 saturated carbocycles. The van der Waals surface area contributed by atoms with Gasteiger partial charge >= 0.3 is 0 Å². The first kappa shape index (κ1) is 12.7. The predicted octanol–water partition coefficient (Wildman–Crippen LogP) is 4.01. The van der Waals surface area contributed by atoms with Crippen molar-refractivity contribution in [3.05, 3.63) is 58.4 Å². The third-order valence-electron chi connectivity index (χ3n) is 4.12. The van der Waals surface area contributed by atoms with E-state index in [1.807, 2.05) is 12.1 Å². The van der Waals surface area contributed by atoms with Crippen LogP contribution in [0.2, 0.25) is 0 Å². The molecular weight excluding hydrogens is 280 g/mol. The molecule has 2 heterocycles. The minimum atomic E-state index is 0.147. The number of fused-ring (bicyclic) bond motifs is 2. The lowest BCUT2D eigenvalue weighted by molar-refractivity contribution is 0.210. The van der Waals surface area contributed by atoms with Crippen LogP contribution < -0.4 is 4.74 Å². The highest BCUT2D eigenvalue weighted by Gasteiger charge is 2.23. The molecule has 3 aromatic rings. The van der Waals surface area contributed by atoms with Crippen molar-refractivity contribution in [1.82, 2.24) is 9.55 Å². The summed E-state index contributed by atoms with van der Waals surface area (Å²) in [7, 11) is 0. The quantitative estimate of drug-likeness (QED) is 0.724. The predicted molar refractivity (Wildman–Crippen MR) is 86.4 cm³/mol.